The second-order valence-corrected chi connectivity index (χ2v) is 7.29. The molecule has 24 heavy (non-hydrogen) atoms. The van der Waals surface area contributed by atoms with Crippen LogP contribution in [0.1, 0.15) is 10.4 Å². The Kier molecular flexibility index (Phi) is 3.87. The summed E-state index contributed by atoms with van der Waals surface area (Å²) in [5.74, 6) is -0.457. The van der Waals surface area contributed by atoms with E-state index in [0.29, 0.717) is 0 Å². The zero-order valence-corrected chi connectivity index (χ0v) is 14.5. The number of halogens is 2. The fourth-order valence-electron chi connectivity index (χ4n) is 2.96. The molecule has 0 N–H and O–H groups in total. The van der Waals surface area contributed by atoms with Gasteiger partial charge in [-0.1, -0.05) is 17.7 Å². The summed E-state index contributed by atoms with van der Waals surface area (Å²) in [5, 5.41) is 1.89. The van der Waals surface area contributed by atoms with Crippen LogP contribution in [0, 0.1) is 5.95 Å². The van der Waals surface area contributed by atoms with Gasteiger partial charge in [-0.25, -0.2) is 4.98 Å². The monoisotopic (exact) mass is 356 g/mol. The normalized spacial score (nSPS) is 11.3. The van der Waals surface area contributed by atoms with Crippen molar-refractivity contribution in [1.29, 1.82) is 0 Å². The predicted octanol–water partition coefficient (Wildman–Crippen LogP) is 5.69. The molecule has 4 aromatic rings. The Balaban J connectivity index is 1.69. The Hall–Kier alpha value is -2.17. The van der Waals surface area contributed by atoms with E-state index in [1.165, 1.54) is 16.5 Å². The van der Waals surface area contributed by atoms with Crippen LogP contribution in [0.15, 0.2) is 54.9 Å². The van der Waals surface area contributed by atoms with Gasteiger partial charge in [-0.2, -0.15) is 4.39 Å². The highest BCUT2D eigenvalue weighted by molar-refractivity contribution is 7.15. The largest absolute Gasteiger partial charge is 0.350 e. The number of rotatable bonds is 3. The minimum Gasteiger partial charge on any atom is -0.350 e. The summed E-state index contributed by atoms with van der Waals surface area (Å²) >= 11 is 8.10. The van der Waals surface area contributed by atoms with Gasteiger partial charge in [0.2, 0.25) is 5.95 Å². The number of hydrogen-bond donors (Lipinski definition) is 0. The number of aromatic nitrogens is 2. The highest BCUT2D eigenvalue weighted by atomic mass is 35.5. The molecule has 0 unspecified atom stereocenters. The van der Waals surface area contributed by atoms with Gasteiger partial charge < -0.3 is 4.57 Å². The number of benzene rings is 1. The number of pyridine rings is 1. The first-order valence-electron chi connectivity index (χ1n) is 7.55. The van der Waals surface area contributed by atoms with E-state index < -0.39 is 5.95 Å². The van der Waals surface area contributed by atoms with Crippen LogP contribution in [0.3, 0.4) is 0 Å². The quantitative estimate of drug-likeness (QED) is 0.431. The van der Waals surface area contributed by atoms with Crippen LogP contribution in [0.25, 0.3) is 21.3 Å². The lowest BCUT2D eigenvalue weighted by atomic mass is 10.1. The molecular formula is C19H14ClFN2S. The molecular weight excluding hydrogens is 343 g/mol. The molecule has 120 valence electrons. The number of aryl methyl sites for hydroxylation is 1. The summed E-state index contributed by atoms with van der Waals surface area (Å²) < 4.78 is 15.1. The molecule has 0 aliphatic rings. The molecule has 0 bridgehead atoms. The Morgan fingerprint density at radius 3 is 2.83 bits per heavy atom. The zero-order valence-electron chi connectivity index (χ0n) is 13.0. The molecule has 0 amide bonds. The van der Waals surface area contributed by atoms with Gasteiger partial charge in [0.05, 0.1) is 5.02 Å². The van der Waals surface area contributed by atoms with Crippen molar-refractivity contribution in [2.24, 2.45) is 7.05 Å². The maximum atomic E-state index is 13.0. The van der Waals surface area contributed by atoms with Crippen molar-refractivity contribution < 1.29 is 4.39 Å². The van der Waals surface area contributed by atoms with Gasteiger partial charge in [-0.15, -0.1) is 11.3 Å². The summed E-state index contributed by atoms with van der Waals surface area (Å²) in [6.45, 7) is 0. The molecule has 4 rings (SSSR count). The van der Waals surface area contributed by atoms with E-state index in [4.69, 9.17) is 11.6 Å². The number of nitrogens with zero attached hydrogens (tertiary/aromatic N) is 2. The number of thiophene rings is 1. The van der Waals surface area contributed by atoms with Gasteiger partial charge in [0, 0.05) is 52.1 Å². The Morgan fingerprint density at radius 1 is 1.17 bits per heavy atom. The van der Waals surface area contributed by atoms with Crippen molar-refractivity contribution in [3.63, 3.8) is 0 Å². The van der Waals surface area contributed by atoms with Crippen LogP contribution in [0.4, 0.5) is 4.39 Å². The van der Waals surface area contributed by atoms with Crippen molar-refractivity contribution in [3.05, 3.63) is 76.3 Å². The van der Waals surface area contributed by atoms with Gasteiger partial charge in [0.1, 0.15) is 0 Å². The van der Waals surface area contributed by atoms with Crippen LogP contribution in [-0.2, 0) is 13.5 Å². The molecule has 0 saturated carbocycles. The molecule has 0 aliphatic heterocycles. The second-order valence-electron chi connectivity index (χ2n) is 5.71. The minimum atomic E-state index is -0.457. The first-order valence-corrected chi connectivity index (χ1v) is 8.74. The third kappa shape index (κ3) is 2.72. The first-order chi connectivity index (χ1) is 11.6. The SMILES string of the molecule is Cn1cc(Cc2ccc(-c3ccc(F)nc3)s2)c2c(Cl)cccc21. The van der Waals surface area contributed by atoms with E-state index in [-0.39, 0.29) is 0 Å². The molecule has 0 saturated heterocycles. The van der Waals surface area contributed by atoms with Gasteiger partial charge >= 0.3 is 0 Å². The third-order valence-corrected chi connectivity index (χ3v) is 5.53. The van der Waals surface area contributed by atoms with Gasteiger partial charge in [-0.05, 0) is 42.0 Å². The number of fused-ring (bicyclic) bond motifs is 1. The Morgan fingerprint density at radius 2 is 2.04 bits per heavy atom. The van der Waals surface area contributed by atoms with E-state index in [0.717, 1.165) is 32.8 Å². The average molecular weight is 357 g/mol. The minimum absolute atomic E-state index is 0.457. The van der Waals surface area contributed by atoms with Crippen LogP contribution in [0.2, 0.25) is 5.02 Å². The van der Waals surface area contributed by atoms with Crippen LogP contribution < -0.4 is 0 Å². The molecule has 0 aliphatic carbocycles. The van der Waals surface area contributed by atoms with Crippen molar-refractivity contribution in [3.8, 4) is 10.4 Å². The molecule has 3 aromatic heterocycles. The van der Waals surface area contributed by atoms with Crippen LogP contribution in [-0.4, -0.2) is 9.55 Å². The fraction of sp³-hybridized carbons (Fsp3) is 0.105. The molecule has 0 atom stereocenters. The Bertz CT molecular complexity index is 1020. The van der Waals surface area contributed by atoms with E-state index >= 15 is 0 Å². The van der Waals surface area contributed by atoms with Crippen molar-refractivity contribution in [2.45, 2.75) is 6.42 Å². The maximum absolute atomic E-state index is 13.0. The summed E-state index contributed by atoms with van der Waals surface area (Å²) in [6.07, 6.45) is 4.52. The summed E-state index contributed by atoms with van der Waals surface area (Å²) in [7, 11) is 2.03. The van der Waals surface area contributed by atoms with E-state index in [1.54, 1.807) is 23.6 Å². The number of hydrogen-bond acceptors (Lipinski definition) is 2. The highest BCUT2D eigenvalue weighted by Gasteiger charge is 2.12. The maximum Gasteiger partial charge on any atom is 0.212 e. The summed E-state index contributed by atoms with van der Waals surface area (Å²) in [6, 6.07) is 13.3. The molecule has 1 aromatic carbocycles. The molecule has 2 nitrogen and oxygen atoms in total. The van der Waals surface area contributed by atoms with Gasteiger partial charge in [0.15, 0.2) is 0 Å². The smallest absolute Gasteiger partial charge is 0.212 e. The topological polar surface area (TPSA) is 17.8 Å². The zero-order chi connectivity index (χ0) is 16.7. The standard InChI is InChI=1S/C19H14ClFN2S/c1-23-11-13(19-15(20)3-2-4-16(19)23)9-14-6-7-17(24-14)12-5-8-18(21)22-10-12/h2-8,10-11H,9H2,1H3. The summed E-state index contributed by atoms with van der Waals surface area (Å²) in [4.78, 5) is 6.05. The molecule has 0 fully saturated rings. The lowest BCUT2D eigenvalue weighted by Gasteiger charge is -2.00. The fourth-order valence-corrected chi connectivity index (χ4v) is 4.28. The van der Waals surface area contributed by atoms with Crippen LogP contribution >= 0.6 is 22.9 Å². The van der Waals surface area contributed by atoms with E-state index in [1.807, 2.05) is 19.2 Å². The van der Waals surface area contributed by atoms with E-state index in [2.05, 4.69) is 33.9 Å². The van der Waals surface area contributed by atoms with Crippen LogP contribution in [0.5, 0.6) is 0 Å². The lowest BCUT2D eigenvalue weighted by molar-refractivity contribution is 0.584. The van der Waals surface area contributed by atoms with Crippen molar-refractivity contribution >= 4 is 33.8 Å². The Labute approximate surface area is 148 Å². The molecule has 0 spiro atoms. The van der Waals surface area contributed by atoms with Gasteiger partial charge in [0.25, 0.3) is 0 Å². The van der Waals surface area contributed by atoms with Gasteiger partial charge in [-0.3, -0.25) is 0 Å². The molecule has 3 heterocycles. The van der Waals surface area contributed by atoms with Crippen molar-refractivity contribution in [2.75, 3.05) is 0 Å². The molecule has 5 heteroatoms. The van der Waals surface area contributed by atoms with Crippen molar-refractivity contribution in [1.82, 2.24) is 9.55 Å². The third-order valence-electron chi connectivity index (χ3n) is 4.08. The summed E-state index contributed by atoms with van der Waals surface area (Å²) in [5.41, 5.74) is 3.28. The van der Waals surface area contributed by atoms with E-state index in [9.17, 15) is 4.39 Å². The lowest BCUT2D eigenvalue weighted by Crippen LogP contribution is -1.83. The predicted molar refractivity (Wildman–Crippen MR) is 98.2 cm³/mol. The molecule has 0 radical (unpaired) electrons. The average Bonchev–Trinajstić information content (AvgIpc) is 3.15. The second kappa shape index (κ2) is 6.04. The first kappa shape index (κ1) is 15.4. The highest BCUT2D eigenvalue weighted by Crippen LogP contribution is 2.33.